The van der Waals surface area contributed by atoms with Crippen molar-refractivity contribution in [3.8, 4) is 5.75 Å². The quantitative estimate of drug-likeness (QED) is 0.364. The van der Waals surface area contributed by atoms with Crippen molar-refractivity contribution in [2.45, 2.75) is 27.2 Å². The second-order valence-corrected chi connectivity index (χ2v) is 5.40. The molecule has 1 aromatic rings. The largest absolute Gasteiger partial charge is 0.426 e. The van der Waals surface area contributed by atoms with Gasteiger partial charge >= 0.3 is 5.97 Å². The summed E-state index contributed by atoms with van der Waals surface area (Å²) in [6.45, 7) is 5.36. The minimum atomic E-state index is -0.548. The number of rotatable bonds is 4. The minimum absolute atomic E-state index is 0.0151. The number of carbonyl (C=O) groups is 2. The summed E-state index contributed by atoms with van der Waals surface area (Å²) in [5.74, 6) is 0.429. The summed E-state index contributed by atoms with van der Waals surface area (Å²) in [5.41, 5.74) is 0.0267. The second kappa shape index (κ2) is 6.01. The Balaban J connectivity index is 2.72. The lowest BCUT2D eigenvalue weighted by Gasteiger charge is -2.16. The molecule has 4 heteroatoms. The first-order chi connectivity index (χ1) is 8.34. The fourth-order valence-electron chi connectivity index (χ4n) is 1.20. The van der Waals surface area contributed by atoms with Crippen LogP contribution in [0.4, 0.5) is 0 Å². The number of hydrogen-bond donors (Lipinski definition) is 0. The highest BCUT2D eigenvalue weighted by atomic mass is 35.5. The molecule has 0 aromatic heterocycles. The van der Waals surface area contributed by atoms with Crippen LogP contribution in [-0.4, -0.2) is 17.6 Å². The molecule has 0 heterocycles. The molecular weight excluding hydrogens is 252 g/mol. The molecule has 0 saturated carbocycles. The van der Waals surface area contributed by atoms with Crippen molar-refractivity contribution in [2.75, 3.05) is 5.88 Å². The molecule has 0 amide bonds. The Hall–Kier alpha value is -1.35. The average Bonchev–Trinajstić information content (AvgIpc) is 2.29. The van der Waals surface area contributed by atoms with E-state index in [0.29, 0.717) is 23.6 Å². The van der Waals surface area contributed by atoms with E-state index in [9.17, 15) is 9.59 Å². The van der Waals surface area contributed by atoms with Gasteiger partial charge in [0.05, 0.1) is 5.41 Å². The average molecular weight is 269 g/mol. The lowest BCUT2D eigenvalue weighted by Crippen LogP contribution is -2.25. The third-order valence-corrected chi connectivity index (χ3v) is 2.51. The molecule has 0 unspecified atom stereocenters. The van der Waals surface area contributed by atoms with Crippen LogP contribution in [0.25, 0.3) is 0 Å². The fourth-order valence-corrected chi connectivity index (χ4v) is 1.37. The molecule has 1 rings (SSSR count). The third-order valence-electron chi connectivity index (χ3n) is 2.32. The number of halogens is 1. The Kier molecular flexibility index (Phi) is 4.91. The minimum Gasteiger partial charge on any atom is -0.426 e. The van der Waals surface area contributed by atoms with Crippen molar-refractivity contribution in [3.05, 3.63) is 29.8 Å². The maximum atomic E-state index is 11.6. The van der Waals surface area contributed by atoms with Crippen molar-refractivity contribution in [2.24, 2.45) is 5.41 Å². The molecule has 0 bridgehead atoms. The lowest BCUT2D eigenvalue weighted by atomic mass is 9.97. The van der Waals surface area contributed by atoms with E-state index in [1.807, 2.05) is 0 Å². The van der Waals surface area contributed by atoms with Gasteiger partial charge in [-0.25, -0.2) is 0 Å². The zero-order valence-electron chi connectivity index (χ0n) is 10.8. The third kappa shape index (κ3) is 4.15. The zero-order valence-corrected chi connectivity index (χ0v) is 11.6. The van der Waals surface area contributed by atoms with Gasteiger partial charge in [0.2, 0.25) is 0 Å². The standard InChI is InChI=1S/C14H17ClO3/c1-14(2,3)13(17)18-11-6-4-10(5-7-11)12(16)8-9-15/h4-7H,8-9H2,1-3H3. The van der Waals surface area contributed by atoms with E-state index < -0.39 is 5.41 Å². The van der Waals surface area contributed by atoms with Crippen LogP contribution >= 0.6 is 11.6 Å². The number of alkyl halides is 1. The van der Waals surface area contributed by atoms with E-state index in [0.717, 1.165) is 0 Å². The summed E-state index contributed by atoms with van der Waals surface area (Å²) < 4.78 is 5.20. The van der Waals surface area contributed by atoms with Crippen LogP contribution in [0.3, 0.4) is 0 Å². The van der Waals surface area contributed by atoms with Crippen molar-refractivity contribution in [1.82, 2.24) is 0 Å². The van der Waals surface area contributed by atoms with E-state index in [-0.39, 0.29) is 11.8 Å². The van der Waals surface area contributed by atoms with Crippen LogP contribution in [0.15, 0.2) is 24.3 Å². The van der Waals surface area contributed by atoms with Crippen LogP contribution in [0.5, 0.6) is 5.75 Å². The molecule has 0 aliphatic rings. The molecule has 98 valence electrons. The Morgan fingerprint density at radius 3 is 2.17 bits per heavy atom. The van der Waals surface area contributed by atoms with Gasteiger partial charge in [-0.2, -0.15) is 0 Å². The Labute approximate surface area is 112 Å². The zero-order chi connectivity index (χ0) is 13.8. The molecule has 0 N–H and O–H groups in total. The molecule has 0 aliphatic heterocycles. The number of benzene rings is 1. The number of carbonyl (C=O) groups excluding carboxylic acids is 2. The van der Waals surface area contributed by atoms with Crippen LogP contribution in [0.1, 0.15) is 37.6 Å². The highest BCUT2D eigenvalue weighted by Crippen LogP contribution is 2.20. The van der Waals surface area contributed by atoms with Gasteiger partial charge in [0.25, 0.3) is 0 Å². The van der Waals surface area contributed by atoms with Crippen LogP contribution in [-0.2, 0) is 4.79 Å². The molecule has 18 heavy (non-hydrogen) atoms. The molecule has 0 saturated heterocycles. The monoisotopic (exact) mass is 268 g/mol. The highest BCUT2D eigenvalue weighted by molar-refractivity contribution is 6.19. The number of ketones is 1. The van der Waals surface area contributed by atoms with Gasteiger partial charge in [-0.05, 0) is 45.0 Å². The van der Waals surface area contributed by atoms with Crippen molar-refractivity contribution >= 4 is 23.4 Å². The molecule has 0 aliphatic carbocycles. The molecule has 0 spiro atoms. The van der Waals surface area contributed by atoms with Gasteiger partial charge < -0.3 is 4.74 Å². The summed E-state index contributed by atoms with van der Waals surface area (Å²) in [4.78, 5) is 23.2. The molecule has 0 atom stereocenters. The summed E-state index contributed by atoms with van der Waals surface area (Å²) in [5, 5.41) is 0. The Bertz CT molecular complexity index is 429. The van der Waals surface area contributed by atoms with Gasteiger partial charge in [-0.3, -0.25) is 9.59 Å². The molecule has 3 nitrogen and oxygen atoms in total. The van der Waals surface area contributed by atoms with Crippen molar-refractivity contribution in [3.63, 3.8) is 0 Å². The number of ether oxygens (including phenoxy) is 1. The van der Waals surface area contributed by atoms with Crippen molar-refractivity contribution < 1.29 is 14.3 Å². The maximum Gasteiger partial charge on any atom is 0.316 e. The predicted octanol–water partition coefficient (Wildman–Crippen LogP) is 3.45. The number of Topliss-reactive ketones (excluding diaryl/α,β-unsaturated/α-hetero) is 1. The van der Waals surface area contributed by atoms with E-state index in [2.05, 4.69) is 0 Å². The molecule has 1 aromatic carbocycles. The summed E-state index contributed by atoms with van der Waals surface area (Å²) >= 11 is 5.51. The molecular formula is C14H17ClO3. The Morgan fingerprint density at radius 2 is 1.72 bits per heavy atom. The normalized spacial score (nSPS) is 11.1. The van der Waals surface area contributed by atoms with Crippen LogP contribution in [0, 0.1) is 5.41 Å². The van der Waals surface area contributed by atoms with E-state index in [1.165, 1.54) is 0 Å². The summed E-state index contributed by atoms with van der Waals surface area (Å²) in [6, 6.07) is 6.51. The van der Waals surface area contributed by atoms with Crippen LogP contribution < -0.4 is 4.74 Å². The fraction of sp³-hybridized carbons (Fsp3) is 0.429. The first-order valence-corrected chi connectivity index (χ1v) is 6.29. The molecule has 0 fully saturated rings. The highest BCUT2D eigenvalue weighted by Gasteiger charge is 2.23. The maximum absolute atomic E-state index is 11.6. The predicted molar refractivity (Wildman–Crippen MR) is 71.2 cm³/mol. The first kappa shape index (κ1) is 14.7. The topological polar surface area (TPSA) is 43.4 Å². The SMILES string of the molecule is CC(C)(C)C(=O)Oc1ccc(C(=O)CCCl)cc1. The number of hydrogen-bond acceptors (Lipinski definition) is 3. The van der Waals surface area contributed by atoms with E-state index >= 15 is 0 Å². The van der Waals surface area contributed by atoms with Gasteiger partial charge in [-0.1, -0.05) is 0 Å². The smallest absolute Gasteiger partial charge is 0.316 e. The number of esters is 1. The Morgan fingerprint density at radius 1 is 1.17 bits per heavy atom. The first-order valence-electron chi connectivity index (χ1n) is 5.76. The molecule has 0 radical (unpaired) electrons. The van der Waals surface area contributed by atoms with Crippen molar-refractivity contribution in [1.29, 1.82) is 0 Å². The summed E-state index contributed by atoms with van der Waals surface area (Å²) in [7, 11) is 0. The second-order valence-electron chi connectivity index (χ2n) is 5.03. The van der Waals surface area contributed by atoms with Gasteiger partial charge in [0.15, 0.2) is 5.78 Å². The van der Waals surface area contributed by atoms with Gasteiger partial charge in [0.1, 0.15) is 5.75 Å². The van der Waals surface area contributed by atoms with Gasteiger partial charge in [0, 0.05) is 17.9 Å². The van der Waals surface area contributed by atoms with Crippen LogP contribution in [0.2, 0.25) is 0 Å². The summed E-state index contributed by atoms with van der Waals surface area (Å²) in [6.07, 6.45) is 0.308. The lowest BCUT2D eigenvalue weighted by molar-refractivity contribution is -0.142. The van der Waals surface area contributed by atoms with E-state index in [1.54, 1.807) is 45.0 Å². The van der Waals surface area contributed by atoms with E-state index in [4.69, 9.17) is 16.3 Å². The van der Waals surface area contributed by atoms with Gasteiger partial charge in [-0.15, -0.1) is 11.6 Å².